The number of rotatable bonds is 2. The van der Waals surface area contributed by atoms with Gasteiger partial charge >= 0.3 is 0 Å². The van der Waals surface area contributed by atoms with Crippen LogP contribution < -0.4 is 0 Å². The van der Waals surface area contributed by atoms with Gasteiger partial charge in [0.05, 0.1) is 23.3 Å². The van der Waals surface area contributed by atoms with Gasteiger partial charge in [0.25, 0.3) is 0 Å². The lowest BCUT2D eigenvalue weighted by Crippen LogP contribution is -2.15. The molecule has 0 atom stereocenters. The first-order valence-electron chi connectivity index (χ1n) is 19.4. The van der Waals surface area contributed by atoms with E-state index >= 15 is 0 Å². The van der Waals surface area contributed by atoms with Gasteiger partial charge < -0.3 is 0 Å². The SMILES string of the molecule is CC1(C)c2cc3c(-c4ccccc4)c(-c4ccccc4)c4cc5c(cc4c3cc2-c2c1cc(C#N)c1ccccc21)-c1c(cc(C#N)c2ccccc12)C5(C)C. The van der Waals surface area contributed by atoms with Crippen LogP contribution in [0.25, 0.3) is 87.6 Å². The maximum absolute atomic E-state index is 10.3. The predicted molar refractivity (Wildman–Crippen MR) is 232 cm³/mol. The molecule has 0 amide bonds. The summed E-state index contributed by atoms with van der Waals surface area (Å²) in [6, 6.07) is 57.7. The monoisotopic (exact) mass is 712 g/mol. The third-order valence-electron chi connectivity index (χ3n) is 13.1. The van der Waals surface area contributed by atoms with Crippen LogP contribution in [0.2, 0.25) is 0 Å². The fraction of sp³-hybridized carbons (Fsp3) is 0.111. The highest BCUT2D eigenvalue weighted by atomic mass is 14.4. The summed E-state index contributed by atoms with van der Waals surface area (Å²) in [7, 11) is 0. The Hall–Kier alpha value is -7.00. The van der Waals surface area contributed by atoms with E-state index in [2.05, 4.69) is 173 Å². The van der Waals surface area contributed by atoms with E-state index in [0.717, 1.165) is 32.7 Å². The van der Waals surface area contributed by atoms with Crippen molar-refractivity contribution in [3.8, 4) is 56.6 Å². The fourth-order valence-electron chi connectivity index (χ4n) is 10.4. The Bertz CT molecular complexity index is 3070. The summed E-state index contributed by atoms with van der Waals surface area (Å²) < 4.78 is 0. The van der Waals surface area contributed by atoms with Crippen LogP contribution in [0.15, 0.2) is 146 Å². The van der Waals surface area contributed by atoms with Gasteiger partial charge in [-0.25, -0.2) is 0 Å². The van der Waals surface area contributed by atoms with Crippen LogP contribution in [0.4, 0.5) is 0 Å². The van der Waals surface area contributed by atoms with E-state index < -0.39 is 0 Å². The van der Waals surface area contributed by atoms with E-state index in [1.165, 1.54) is 88.3 Å². The molecule has 0 spiro atoms. The first-order valence-corrected chi connectivity index (χ1v) is 19.4. The van der Waals surface area contributed by atoms with Gasteiger partial charge in [0, 0.05) is 21.6 Å². The fourth-order valence-corrected chi connectivity index (χ4v) is 10.4. The molecule has 0 aromatic heterocycles. The van der Waals surface area contributed by atoms with Crippen molar-refractivity contribution in [2.24, 2.45) is 0 Å². The highest BCUT2D eigenvalue weighted by Crippen LogP contribution is 2.58. The smallest absolute Gasteiger partial charge is 0.0998 e. The van der Waals surface area contributed by atoms with E-state index in [1.54, 1.807) is 0 Å². The molecular formula is C54H36N2. The molecule has 2 aliphatic carbocycles. The Morgan fingerprint density at radius 1 is 0.339 bits per heavy atom. The number of benzene rings is 9. The van der Waals surface area contributed by atoms with Crippen LogP contribution >= 0.6 is 0 Å². The van der Waals surface area contributed by atoms with Crippen LogP contribution in [0.1, 0.15) is 61.1 Å². The average Bonchev–Trinajstić information content (AvgIpc) is 3.60. The zero-order valence-corrected chi connectivity index (χ0v) is 31.8. The minimum absolute atomic E-state index is 0.331. The maximum Gasteiger partial charge on any atom is 0.0998 e. The lowest BCUT2D eigenvalue weighted by Gasteiger charge is -2.25. The molecule has 0 bridgehead atoms. The molecule has 9 aromatic carbocycles. The normalized spacial score (nSPS) is 14.3. The zero-order chi connectivity index (χ0) is 38.1. The Morgan fingerprint density at radius 3 is 1.07 bits per heavy atom. The first kappa shape index (κ1) is 32.4. The van der Waals surface area contributed by atoms with E-state index in [-0.39, 0.29) is 10.8 Å². The van der Waals surface area contributed by atoms with Gasteiger partial charge in [-0.2, -0.15) is 10.5 Å². The highest BCUT2D eigenvalue weighted by Gasteiger charge is 2.40. The first-order chi connectivity index (χ1) is 27.2. The molecule has 262 valence electrons. The van der Waals surface area contributed by atoms with Crippen LogP contribution in [0, 0.1) is 22.7 Å². The number of hydrogen-bond donors (Lipinski definition) is 0. The Kier molecular flexibility index (Phi) is 6.53. The quantitative estimate of drug-likeness (QED) is 0.168. The molecule has 2 aliphatic rings. The average molecular weight is 713 g/mol. The van der Waals surface area contributed by atoms with E-state index in [1.807, 2.05) is 12.1 Å². The number of nitrogens with zero attached hydrogens (tertiary/aromatic N) is 2. The van der Waals surface area contributed by atoms with Crippen molar-refractivity contribution >= 4 is 43.1 Å². The van der Waals surface area contributed by atoms with Crippen molar-refractivity contribution < 1.29 is 0 Å². The molecule has 2 heteroatoms. The van der Waals surface area contributed by atoms with Crippen molar-refractivity contribution in [2.45, 2.75) is 38.5 Å². The van der Waals surface area contributed by atoms with Crippen molar-refractivity contribution in [3.05, 3.63) is 179 Å². The summed E-state index contributed by atoms with van der Waals surface area (Å²) in [6.07, 6.45) is 0. The predicted octanol–water partition coefficient (Wildman–Crippen LogP) is 14.0. The van der Waals surface area contributed by atoms with Crippen LogP contribution in [-0.2, 0) is 10.8 Å². The number of fused-ring (bicyclic) bond motifs is 13. The molecule has 0 N–H and O–H groups in total. The van der Waals surface area contributed by atoms with E-state index in [0.29, 0.717) is 0 Å². The molecule has 0 unspecified atom stereocenters. The minimum atomic E-state index is -0.331. The molecule has 0 saturated carbocycles. The zero-order valence-electron chi connectivity index (χ0n) is 31.8. The standard InChI is InChI=1S/C54H36N2/c1-53(2)45-27-41-39(25-43(45)51-37-21-13-11-19-35(37)33(29-55)23-47(51)53)40-26-44-46(54(3,4)48-24-34(30-56)36-20-12-14-22-38(36)52(44)48)28-42(40)50(32-17-9-6-10-18-32)49(41)31-15-7-5-8-16-31/h5-28H,1-4H3. The summed E-state index contributed by atoms with van der Waals surface area (Å²) in [5.41, 5.74) is 15.4. The van der Waals surface area contributed by atoms with Gasteiger partial charge in [-0.15, -0.1) is 0 Å². The van der Waals surface area contributed by atoms with Gasteiger partial charge in [-0.3, -0.25) is 0 Å². The molecule has 0 fully saturated rings. The molecule has 11 rings (SSSR count). The summed E-state index contributed by atoms with van der Waals surface area (Å²) >= 11 is 0. The lowest BCUT2D eigenvalue weighted by atomic mass is 9.77. The third-order valence-corrected chi connectivity index (χ3v) is 13.1. The molecule has 9 aromatic rings. The van der Waals surface area contributed by atoms with Gasteiger partial charge in [0.1, 0.15) is 0 Å². The molecule has 0 aliphatic heterocycles. The minimum Gasteiger partial charge on any atom is -0.192 e. The summed E-state index contributed by atoms with van der Waals surface area (Å²) in [6.45, 7) is 9.25. The third kappa shape index (κ3) is 4.14. The Morgan fingerprint density at radius 2 is 0.696 bits per heavy atom. The Labute approximate surface area is 326 Å². The second kappa shape index (κ2) is 11.3. The molecular weight excluding hydrogens is 677 g/mol. The van der Waals surface area contributed by atoms with Crippen molar-refractivity contribution in [2.75, 3.05) is 0 Å². The molecule has 56 heavy (non-hydrogen) atoms. The van der Waals surface area contributed by atoms with Crippen LogP contribution in [-0.4, -0.2) is 0 Å². The number of nitriles is 2. The number of hydrogen-bond acceptors (Lipinski definition) is 2. The van der Waals surface area contributed by atoms with E-state index in [4.69, 9.17) is 0 Å². The second-order valence-electron chi connectivity index (χ2n) is 16.6. The lowest BCUT2D eigenvalue weighted by molar-refractivity contribution is 0.661. The van der Waals surface area contributed by atoms with Crippen molar-refractivity contribution in [3.63, 3.8) is 0 Å². The van der Waals surface area contributed by atoms with E-state index in [9.17, 15) is 10.5 Å². The van der Waals surface area contributed by atoms with Crippen LogP contribution in [0.5, 0.6) is 0 Å². The largest absolute Gasteiger partial charge is 0.192 e. The molecule has 0 heterocycles. The van der Waals surface area contributed by atoms with Crippen molar-refractivity contribution in [1.82, 2.24) is 0 Å². The second-order valence-corrected chi connectivity index (χ2v) is 16.6. The van der Waals surface area contributed by atoms with Gasteiger partial charge in [0.15, 0.2) is 0 Å². The van der Waals surface area contributed by atoms with Gasteiger partial charge in [0.2, 0.25) is 0 Å². The topological polar surface area (TPSA) is 47.6 Å². The Balaban J connectivity index is 1.36. The maximum atomic E-state index is 10.3. The highest BCUT2D eigenvalue weighted by molar-refractivity contribution is 6.25. The van der Waals surface area contributed by atoms with Crippen LogP contribution in [0.3, 0.4) is 0 Å². The van der Waals surface area contributed by atoms with Gasteiger partial charge in [-0.05, 0) is 135 Å². The van der Waals surface area contributed by atoms with Crippen molar-refractivity contribution in [1.29, 1.82) is 10.5 Å². The summed E-state index contributed by atoms with van der Waals surface area (Å²) in [5.74, 6) is 0. The van der Waals surface area contributed by atoms with Gasteiger partial charge in [-0.1, -0.05) is 137 Å². The molecule has 2 nitrogen and oxygen atoms in total. The molecule has 0 saturated heterocycles. The summed E-state index contributed by atoms with van der Waals surface area (Å²) in [5, 5.41) is 29.8. The molecule has 0 radical (unpaired) electrons. The summed E-state index contributed by atoms with van der Waals surface area (Å²) in [4.78, 5) is 0.